The van der Waals surface area contributed by atoms with Crippen molar-refractivity contribution in [1.82, 2.24) is 9.78 Å². The van der Waals surface area contributed by atoms with Gasteiger partial charge in [0.25, 0.3) is 0 Å². The average molecular weight is 418 g/mol. The molecule has 1 heterocycles. The first-order valence-corrected chi connectivity index (χ1v) is 10.5. The van der Waals surface area contributed by atoms with Gasteiger partial charge in [-0.2, -0.15) is 5.10 Å². The zero-order valence-corrected chi connectivity index (χ0v) is 18.1. The van der Waals surface area contributed by atoms with E-state index in [4.69, 9.17) is 16.7 Å². The minimum absolute atomic E-state index is 0.0991. The minimum atomic E-state index is -0.490. The molecule has 30 heavy (non-hydrogen) atoms. The number of carbonyl (C=O) groups excluding carboxylic acids is 1. The van der Waals surface area contributed by atoms with Crippen LogP contribution >= 0.6 is 11.6 Å². The van der Waals surface area contributed by atoms with Gasteiger partial charge in [0.05, 0.1) is 5.52 Å². The Bertz CT molecular complexity index is 1210. The van der Waals surface area contributed by atoms with Gasteiger partial charge in [0.2, 0.25) is 5.91 Å². The van der Waals surface area contributed by atoms with Crippen molar-refractivity contribution in [2.75, 3.05) is 5.32 Å². The van der Waals surface area contributed by atoms with Crippen LogP contribution < -0.4 is 5.32 Å². The fourth-order valence-electron chi connectivity index (χ4n) is 3.76. The monoisotopic (exact) mass is 417 g/mol. The zero-order valence-electron chi connectivity index (χ0n) is 17.3. The summed E-state index contributed by atoms with van der Waals surface area (Å²) in [5, 5.41) is 9.52. The average Bonchev–Trinajstić information content (AvgIpc) is 3.13. The van der Waals surface area contributed by atoms with Crippen LogP contribution in [0.25, 0.3) is 22.2 Å². The third-order valence-corrected chi connectivity index (χ3v) is 5.69. The number of hydrogen-bond acceptors (Lipinski definition) is 2. The van der Waals surface area contributed by atoms with Crippen LogP contribution in [-0.4, -0.2) is 15.7 Å². The molecular weight excluding hydrogens is 394 g/mol. The summed E-state index contributed by atoms with van der Waals surface area (Å²) in [4.78, 5) is 13.2. The van der Waals surface area contributed by atoms with Crippen molar-refractivity contribution in [1.29, 1.82) is 0 Å². The standard InChI is InChI=1S/C25H24ClN3O/c1-4-18-12-8-9-16(2)23(18)27-25(30)17(3)29-22-14-13-20(26)15-21(22)24(28-29)19-10-6-5-7-11-19/h5-15,17H,4H2,1-3H3,(H,27,30)/t17-/m1/s1. The molecule has 0 radical (unpaired) electrons. The predicted molar refractivity (Wildman–Crippen MR) is 124 cm³/mol. The number of nitrogens with zero attached hydrogens (tertiary/aromatic N) is 2. The molecular formula is C25H24ClN3O. The van der Waals surface area contributed by atoms with Gasteiger partial charge in [-0.3, -0.25) is 9.48 Å². The lowest BCUT2D eigenvalue weighted by Crippen LogP contribution is -2.25. The van der Waals surface area contributed by atoms with Gasteiger partial charge in [-0.25, -0.2) is 0 Å². The van der Waals surface area contributed by atoms with Crippen molar-refractivity contribution < 1.29 is 4.79 Å². The van der Waals surface area contributed by atoms with Crippen molar-refractivity contribution in [2.24, 2.45) is 0 Å². The SMILES string of the molecule is CCc1cccc(C)c1NC(=O)[C@@H](C)n1nc(-c2ccccc2)c2cc(Cl)ccc21. The van der Waals surface area contributed by atoms with Gasteiger partial charge in [-0.05, 0) is 49.6 Å². The molecule has 0 saturated carbocycles. The van der Waals surface area contributed by atoms with Crippen molar-refractivity contribution in [3.8, 4) is 11.3 Å². The number of halogens is 1. The van der Waals surface area contributed by atoms with Gasteiger partial charge in [-0.1, -0.05) is 67.1 Å². The summed E-state index contributed by atoms with van der Waals surface area (Å²) in [6.45, 7) is 5.97. The lowest BCUT2D eigenvalue weighted by molar-refractivity contribution is -0.119. The molecule has 0 fully saturated rings. The summed E-state index contributed by atoms with van der Waals surface area (Å²) in [5.41, 5.74) is 5.75. The molecule has 0 bridgehead atoms. The van der Waals surface area contributed by atoms with Gasteiger partial charge in [0.15, 0.2) is 0 Å². The van der Waals surface area contributed by atoms with E-state index in [0.717, 1.165) is 45.4 Å². The lowest BCUT2D eigenvalue weighted by Gasteiger charge is -2.17. The van der Waals surface area contributed by atoms with Crippen LogP contribution in [0.5, 0.6) is 0 Å². The van der Waals surface area contributed by atoms with E-state index in [1.54, 1.807) is 4.68 Å². The number of benzene rings is 3. The topological polar surface area (TPSA) is 46.9 Å². The van der Waals surface area contributed by atoms with Crippen LogP contribution in [0.15, 0.2) is 66.7 Å². The second-order valence-corrected chi connectivity index (χ2v) is 7.88. The molecule has 1 aromatic heterocycles. The molecule has 1 atom stereocenters. The molecule has 1 amide bonds. The Kier molecular flexibility index (Phi) is 5.60. The van der Waals surface area contributed by atoms with Gasteiger partial charge >= 0.3 is 0 Å². The summed E-state index contributed by atoms with van der Waals surface area (Å²) >= 11 is 6.27. The van der Waals surface area contributed by atoms with Crippen molar-refractivity contribution >= 4 is 34.1 Å². The van der Waals surface area contributed by atoms with E-state index in [0.29, 0.717) is 5.02 Å². The summed E-state index contributed by atoms with van der Waals surface area (Å²) in [5.74, 6) is -0.0991. The highest BCUT2D eigenvalue weighted by Gasteiger charge is 2.22. The predicted octanol–water partition coefficient (Wildman–Crippen LogP) is 6.43. The number of carbonyl (C=O) groups is 1. The van der Waals surface area contributed by atoms with Crippen molar-refractivity contribution in [3.63, 3.8) is 0 Å². The summed E-state index contributed by atoms with van der Waals surface area (Å²) in [6, 6.07) is 21.2. The van der Waals surface area contributed by atoms with E-state index in [-0.39, 0.29) is 5.91 Å². The fraction of sp³-hybridized carbons (Fsp3) is 0.200. The van der Waals surface area contributed by atoms with E-state index in [1.165, 1.54) is 0 Å². The number of hydrogen-bond donors (Lipinski definition) is 1. The smallest absolute Gasteiger partial charge is 0.248 e. The molecule has 3 aromatic carbocycles. The Hall–Kier alpha value is -3.11. The Morgan fingerprint density at radius 2 is 1.87 bits per heavy atom. The third-order valence-electron chi connectivity index (χ3n) is 5.45. The normalized spacial score (nSPS) is 12.1. The summed E-state index contributed by atoms with van der Waals surface area (Å²) < 4.78 is 1.78. The largest absolute Gasteiger partial charge is 0.324 e. The number of para-hydroxylation sites is 1. The minimum Gasteiger partial charge on any atom is -0.324 e. The maximum absolute atomic E-state index is 13.2. The number of fused-ring (bicyclic) bond motifs is 1. The highest BCUT2D eigenvalue weighted by molar-refractivity contribution is 6.31. The Balaban J connectivity index is 1.75. The molecule has 0 spiro atoms. The first-order chi connectivity index (χ1) is 14.5. The number of nitrogens with one attached hydrogen (secondary N) is 1. The highest BCUT2D eigenvalue weighted by atomic mass is 35.5. The van der Waals surface area contributed by atoms with E-state index >= 15 is 0 Å². The number of rotatable bonds is 5. The molecule has 0 unspecified atom stereocenters. The Labute approximate surface area is 181 Å². The van der Waals surface area contributed by atoms with Crippen molar-refractivity contribution in [3.05, 3.63) is 82.9 Å². The van der Waals surface area contributed by atoms with Crippen LogP contribution in [0.2, 0.25) is 5.02 Å². The molecule has 0 saturated heterocycles. The van der Waals surface area contributed by atoms with Crippen LogP contribution in [0.4, 0.5) is 5.69 Å². The molecule has 4 rings (SSSR count). The Morgan fingerprint density at radius 1 is 1.10 bits per heavy atom. The molecule has 1 N–H and O–H groups in total. The number of aromatic nitrogens is 2. The van der Waals surface area contributed by atoms with Gasteiger partial charge in [0, 0.05) is 21.7 Å². The van der Waals surface area contributed by atoms with Crippen LogP contribution in [-0.2, 0) is 11.2 Å². The number of anilines is 1. The van der Waals surface area contributed by atoms with E-state index < -0.39 is 6.04 Å². The molecule has 152 valence electrons. The molecule has 5 heteroatoms. The molecule has 0 aliphatic heterocycles. The first kappa shape index (κ1) is 20.2. The van der Waals surface area contributed by atoms with Crippen LogP contribution in [0, 0.1) is 6.92 Å². The second-order valence-electron chi connectivity index (χ2n) is 7.45. The fourth-order valence-corrected chi connectivity index (χ4v) is 3.93. The van der Waals surface area contributed by atoms with Gasteiger partial charge < -0.3 is 5.32 Å². The van der Waals surface area contributed by atoms with Gasteiger partial charge in [0.1, 0.15) is 11.7 Å². The third kappa shape index (κ3) is 3.71. The lowest BCUT2D eigenvalue weighted by atomic mass is 10.1. The zero-order chi connectivity index (χ0) is 21.3. The van der Waals surface area contributed by atoms with Crippen LogP contribution in [0.1, 0.15) is 31.0 Å². The van der Waals surface area contributed by atoms with E-state index in [1.807, 2.05) is 80.6 Å². The first-order valence-electron chi connectivity index (χ1n) is 10.1. The summed E-state index contributed by atoms with van der Waals surface area (Å²) in [7, 11) is 0. The van der Waals surface area contributed by atoms with E-state index in [9.17, 15) is 4.79 Å². The number of aryl methyl sites for hydroxylation is 2. The number of amides is 1. The molecule has 0 aliphatic rings. The van der Waals surface area contributed by atoms with Crippen LogP contribution in [0.3, 0.4) is 0 Å². The molecule has 0 aliphatic carbocycles. The maximum Gasteiger partial charge on any atom is 0.248 e. The maximum atomic E-state index is 13.2. The van der Waals surface area contributed by atoms with Crippen molar-refractivity contribution in [2.45, 2.75) is 33.2 Å². The van der Waals surface area contributed by atoms with Gasteiger partial charge in [-0.15, -0.1) is 0 Å². The second kappa shape index (κ2) is 8.33. The highest BCUT2D eigenvalue weighted by Crippen LogP contribution is 2.32. The molecule has 4 aromatic rings. The van der Waals surface area contributed by atoms with E-state index in [2.05, 4.69) is 12.2 Å². The molecule has 4 nitrogen and oxygen atoms in total. The summed E-state index contributed by atoms with van der Waals surface area (Å²) in [6.07, 6.45) is 0.854. The Morgan fingerprint density at radius 3 is 2.60 bits per heavy atom. The quantitative estimate of drug-likeness (QED) is 0.406.